The molecule has 0 amide bonds. The van der Waals surface area contributed by atoms with E-state index in [2.05, 4.69) is 35.3 Å². The van der Waals surface area contributed by atoms with Crippen LogP contribution in [0.15, 0.2) is 77.4 Å². The molecule has 0 saturated carbocycles. The average Bonchev–Trinajstić information content (AvgIpc) is 3.48. The molecule has 2 aromatic carbocycles. The first kappa shape index (κ1) is 16.8. The van der Waals surface area contributed by atoms with E-state index >= 15 is 0 Å². The Morgan fingerprint density at radius 3 is 2.89 bits per heavy atom. The van der Waals surface area contributed by atoms with Gasteiger partial charge in [-0.3, -0.25) is 0 Å². The van der Waals surface area contributed by atoms with Gasteiger partial charge >= 0.3 is 0 Å². The number of nitrogens with one attached hydrogen (secondary N) is 1. The van der Waals surface area contributed by atoms with Crippen molar-refractivity contribution in [2.24, 2.45) is 0 Å². The van der Waals surface area contributed by atoms with Crippen molar-refractivity contribution in [1.82, 2.24) is 9.97 Å². The van der Waals surface area contributed by atoms with Crippen LogP contribution in [0.25, 0.3) is 27.8 Å². The highest BCUT2D eigenvalue weighted by atomic mass is 16.4. The molecule has 0 fully saturated rings. The Balaban J connectivity index is 1.57. The lowest BCUT2D eigenvalue weighted by molar-refractivity contribution is 0.282. The molecular weight excluding hydrogens is 348 g/mol. The molecule has 0 bridgehead atoms. The van der Waals surface area contributed by atoms with Crippen molar-refractivity contribution >= 4 is 16.5 Å². The van der Waals surface area contributed by atoms with Gasteiger partial charge in [0.1, 0.15) is 5.69 Å². The molecule has 4 aromatic rings. The molecule has 2 heterocycles. The molecule has 4 heteroatoms. The second kappa shape index (κ2) is 6.98. The SMILES string of the molecule is OCc1cccc(-c2oc(Cc3c[nH]c4ccccc34)nc2C2=CC=CC2)c1. The largest absolute Gasteiger partial charge is 0.440 e. The summed E-state index contributed by atoms with van der Waals surface area (Å²) in [6, 6.07) is 16.1. The van der Waals surface area contributed by atoms with Crippen LogP contribution in [0, 0.1) is 0 Å². The van der Waals surface area contributed by atoms with Crippen molar-refractivity contribution in [1.29, 1.82) is 0 Å². The van der Waals surface area contributed by atoms with Gasteiger partial charge in [-0.2, -0.15) is 0 Å². The molecule has 0 aliphatic heterocycles. The van der Waals surface area contributed by atoms with Gasteiger partial charge in [0.05, 0.1) is 13.0 Å². The van der Waals surface area contributed by atoms with Crippen molar-refractivity contribution < 1.29 is 9.52 Å². The normalized spacial score (nSPS) is 13.4. The minimum atomic E-state index is 0.00373. The van der Waals surface area contributed by atoms with Crippen molar-refractivity contribution in [3.63, 3.8) is 0 Å². The van der Waals surface area contributed by atoms with Crippen molar-refractivity contribution in [3.8, 4) is 11.3 Å². The van der Waals surface area contributed by atoms with Gasteiger partial charge in [-0.1, -0.05) is 54.6 Å². The highest BCUT2D eigenvalue weighted by Gasteiger charge is 2.20. The van der Waals surface area contributed by atoms with Gasteiger partial charge < -0.3 is 14.5 Å². The predicted octanol–water partition coefficient (Wildman–Crippen LogP) is 5.25. The molecule has 1 aliphatic carbocycles. The predicted molar refractivity (Wildman–Crippen MR) is 111 cm³/mol. The van der Waals surface area contributed by atoms with E-state index in [-0.39, 0.29) is 6.61 Å². The highest BCUT2D eigenvalue weighted by Crippen LogP contribution is 2.34. The van der Waals surface area contributed by atoms with E-state index in [0.717, 1.165) is 45.7 Å². The second-order valence-electron chi connectivity index (χ2n) is 7.00. The van der Waals surface area contributed by atoms with Crippen molar-refractivity contribution in [2.75, 3.05) is 0 Å². The zero-order chi connectivity index (χ0) is 18.9. The van der Waals surface area contributed by atoms with E-state index in [1.165, 1.54) is 5.39 Å². The topological polar surface area (TPSA) is 62.1 Å². The number of allylic oxidation sites excluding steroid dienone is 4. The summed E-state index contributed by atoms with van der Waals surface area (Å²) in [5.74, 6) is 1.46. The van der Waals surface area contributed by atoms with E-state index < -0.39 is 0 Å². The molecule has 0 unspecified atom stereocenters. The number of H-pyrrole nitrogens is 1. The highest BCUT2D eigenvalue weighted by molar-refractivity contribution is 5.83. The lowest BCUT2D eigenvalue weighted by Crippen LogP contribution is -1.89. The molecule has 0 saturated heterocycles. The number of aliphatic hydroxyl groups is 1. The third-order valence-corrected chi connectivity index (χ3v) is 5.14. The number of nitrogens with zero attached hydrogens (tertiary/aromatic N) is 1. The summed E-state index contributed by atoms with van der Waals surface area (Å²) in [6.45, 7) is 0.00373. The first-order chi connectivity index (χ1) is 13.8. The lowest BCUT2D eigenvalue weighted by atomic mass is 10.0. The number of fused-ring (bicyclic) bond motifs is 1. The smallest absolute Gasteiger partial charge is 0.200 e. The van der Waals surface area contributed by atoms with Gasteiger partial charge in [0.25, 0.3) is 0 Å². The molecule has 1 aliphatic rings. The van der Waals surface area contributed by atoms with Crippen LogP contribution in [-0.4, -0.2) is 15.1 Å². The van der Waals surface area contributed by atoms with Gasteiger partial charge in [-0.25, -0.2) is 4.98 Å². The lowest BCUT2D eigenvalue weighted by Gasteiger charge is -2.03. The zero-order valence-corrected chi connectivity index (χ0v) is 15.4. The molecule has 0 atom stereocenters. The van der Waals surface area contributed by atoms with E-state index in [1.54, 1.807) is 0 Å². The standard InChI is InChI=1S/C24H20N2O2/c27-15-16-6-5-9-18(12-16)24-23(17-7-1-2-8-17)26-22(28-24)13-19-14-25-21-11-4-3-10-20(19)21/h1-7,9-12,14,25,27H,8,13,15H2. The Labute approximate surface area is 162 Å². The van der Waals surface area contributed by atoms with Crippen LogP contribution in [0.5, 0.6) is 0 Å². The number of para-hydroxylation sites is 1. The number of benzene rings is 2. The van der Waals surface area contributed by atoms with Gasteiger partial charge in [-0.05, 0) is 35.3 Å². The van der Waals surface area contributed by atoms with Crippen LogP contribution in [0.2, 0.25) is 0 Å². The quantitative estimate of drug-likeness (QED) is 0.506. The summed E-state index contributed by atoms with van der Waals surface area (Å²) in [6.07, 6.45) is 9.77. The summed E-state index contributed by atoms with van der Waals surface area (Å²) in [4.78, 5) is 8.17. The summed E-state index contributed by atoms with van der Waals surface area (Å²) >= 11 is 0. The summed E-state index contributed by atoms with van der Waals surface area (Å²) in [5.41, 5.74) is 6.11. The molecule has 2 aromatic heterocycles. The molecular formula is C24H20N2O2. The fraction of sp³-hybridized carbons (Fsp3) is 0.125. The van der Waals surface area contributed by atoms with Gasteiger partial charge in [-0.15, -0.1) is 0 Å². The Bertz CT molecular complexity index is 1210. The number of rotatable bonds is 5. The van der Waals surface area contributed by atoms with Crippen LogP contribution in [-0.2, 0) is 13.0 Å². The Hall–Kier alpha value is -3.37. The summed E-state index contributed by atoms with van der Waals surface area (Å²) in [7, 11) is 0. The van der Waals surface area contributed by atoms with Crippen LogP contribution < -0.4 is 0 Å². The van der Waals surface area contributed by atoms with Crippen LogP contribution in [0.1, 0.15) is 29.1 Å². The van der Waals surface area contributed by atoms with Crippen LogP contribution in [0.4, 0.5) is 0 Å². The second-order valence-corrected chi connectivity index (χ2v) is 7.00. The van der Waals surface area contributed by atoms with Gasteiger partial charge in [0.2, 0.25) is 0 Å². The maximum Gasteiger partial charge on any atom is 0.200 e. The fourth-order valence-electron chi connectivity index (χ4n) is 3.73. The molecule has 0 spiro atoms. The number of hydrogen-bond acceptors (Lipinski definition) is 3. The first-order valence-electron chi connectivity index (χ1n) is 9.43. The molecule has 28 heavy (non-hydrogen) atoms. The third-order valence-electron chi connectivity index (χ3n) is 5.14. The number of aromatic nitrogens is 2. The van der Waals surface area contributed by atoms with E-state index in [4.69, 9.17) is 9.40 Å². The van der Waals surface area contributed by atoms with E-state index in [0.29, 0.717) is 12.3 Å². The van der Waals surface area contributed by atoms with Crippen molar-refractivity contribution in [3.05, 3.63) is 95.7 Å². The average molecular weight is 368 g/mol. The summed E-state index contributed by atoms with van der Waals surface area (Å²) in [5, 5.41) is 10.7. The minimum absolute atomic E-state index is 0.00373. The van der Waals surface area contributed by atoms with Crippen LogP contribution >= 0.6 is 0 Å². The minimum Gasteiger partial charge on any atom is -0.440 e. The molecule has 4 nitrogen and oxygen atoms in total. The molecule has 5 rings (SSSR count). The number of hydrogen-bond donors (Lipinski definition) is 2. The number of aliphatic hydroxyl groups excluding tert-OH is 1. The van der Waals surface area contributed by atoms with Crippen LogP contribution in [0.3, 0.4) is 0 Å². The van der Waals surface area contributed by atoms with Crippen molar-refractivity contribution in [2.45, 2.75) is 19.4 Å². The van der Waals surface area contributed by atoms with Gasteiger partial charge in [0, 0.05) is 22.7 Å². The summed E-state index contributed by atoms with van der Waals surface area (Å²) < 4.78 is 6.26. The number of oxazole rings is 1. The Morgan fingerprint density at radius 2 is 2.04 bits per heavy atom. The fourth-order valence-corrected chi connectivity index (χ4v) is 3.73. The monoisotopic (exact) mass is 368 g/mol. The van der Waals surface area contributed by atoms with E-state index in [9.17, 15) is 5.11 Å². The zero-order valence-electron chi connectivity index (χ0n) is 15.4. The maximum absolute atomic E-state index is 9.50. The Kier molecular flexibility index (Phi) is 4.18. The Morgan fingerprint density at radius 1 is 1.11 bits per heavy atom. The molecule has 138 valence electrons. The maximum atomic E-state index is 9.50. The molecule has 0 radical (unpaired) electrons. The van der Waals surface area contributed by atoms with E-state index in [1.807, 2.05) is 42.6 Å². The first-order valence-corrected chi connectivity index (χ1v) is 9.43. The molecule has 2 N–H and O–H groups in total. The third kappa shape index (κ3) is 2.98. The number of aromatic amines is 1. The van der Waals surface area contributed by atoms with Gasteiger partial charge in [0.15, 0.2) is 11.7 Å².